The van der Waals surface area contributed by atoms with E-state index in [1.807, 2.05) is 11.4 Å². The van der Waals surface area contributed by atoms with Crippen LogP contribution < -0.4 is 10.6 Å². The zero-order valence-corrected chi connectivity index (χ0v) is 13.2. The van der Waals surface area contributed by atoms with E-state index in [1.165, 1.54) is 14.0 Å². The molecule has 0 aliphatic carbocycles. The van der Waals surface area contributed by atoms with Gasteiger partial charge >= 0.3 is 5.97 Å². The molecule has 0 fully saturated rings. The van der Waals surface area contributed by atoms with Gasteiger partial charge in [0.25, 0.3) is 0 Å². The van der Waals surface area contributed by atoms with E-state index in [2.05, 4.69) is 24.5 Å². The summed E-state index contributed by atoms with van der Waals surface area (Å²) >= 11 is 1.54. The van der Waals surface area contributed by atoms with Crippen LogP contribution >= 0.6 is 11.3 Å². The van der Waals surface area contributed by atoms with Gasteiger partial charge in [0.2, 0.25) is 5.91 Å². The van der Waals surface area contributed by atoms with Crippen molar-refractivity contribution in [3.05, 3.63) is 16.3 Å². The van der Waals surface area contributed by atoms with Crippen LogP contribution in [0.5, 0.6) is 0 Å². The number of carbonyl (C=O) groups is 2. The quantitative estimate of drug-likeness (QED) is 0.758. The van der Waals surface area contributed by atoms with Gasteiger partial charge in [-0.05, 0) is 23.8 Å². The van der Waals surface area contributed by atoms with Crippen LogP contribution in [0.25, 0.3) is 0 Å². The lowest BCUT2D eigenvalue weighted by molar-refractivity contribution is -0.143. The molecule has 0 aliphatic rings. The SMILES string of the molecule is COC(=O)C(CC(C)C)NCc1sccc1NC(C)=O. The molecule has 1 unspecified atom stereocenters. The third-order valence-electron chi connectivity index (χ3n) is 2.76. The van der Waals surface area contributed by atoms with Crippen LogP contribution in [0, 0.1) is 5.92 Å². The molecule has 1 atom stereocenters. The number of esters is 1. The summed E-state index contributed by atoms with van der Waals surface area (Å²) in [5.41, 5.74) is 0.795. The van der Waals surface area contributed by atoms with Gasteiger partial charge in [0.15, 0.2) is 0 Å². The number of ether oxygens (including phenoxy) is 1. The van der Waals surface area contributed by atoms with Crippen LogP contribution in [0.4, 0.5) is 5.69 Å². The molecule has 1 heterocycles. The van der Waals surface area contributed by atoms with Crippen LogP contribution in [0.15, 0.2) is 11.4 Å². The summed E-state index contributed by atoms with van der Waals surface area (Å²) in [7, 11) is 1.39. The Balaban J connectivity index is 2.65. The van der Waals surface area contributed by atoms with Crippen LogP contribution in [0.3, 0.4) is 0 Å². The molecular weight excluding hydrogens is 276 g/mol. The Kier molecular flexibility index (Phi) is 6.67. The molecule has 0 spiro atoms. The van der Waals surface area contributed by atoms with Crippen molar-refractivity contribution in [2.24, 2.45) is 5.92 Å². The van der Waals surface area contributed by atoms with Crippen LogP contribution in [0.2, 0.25) is 0 Å². The number of hydrogen-bond acceptors (Lipinski definition) is 5. The van der Waals surface area contributed by atoms with Crippen molar-refractivity contribution >= 4 is 28.9 Å². The van der Waals surface area contributed by atoms with Gasteiger partial charge in [0.05, 0.1) is 12.8 Å². The van der Waals surface area contributed by atoms with Crippen molar-refractivity contribution in [2.75, 3.05) is 12.4 Å². The van der Waals surface area contributed by atoms with E-state index >= 15 is 0 Å². The second-order valence-electron chi connectivity index (χ2n) is 5.02. The number of thiophene rings is 1. The molecule has 0 saturated heterocycles. The van der Waals surface area contributed by atoms with E-state index in [4.69, 9.17) is 4.74 Å². The van der Waals surface area contributed by atoms with Gasteiger partial charge in [-0.1, -0.05) is 13.8 Å². The van der Waals surface area contributed by atoms with E-state index in [-0.39, 0.29) is 17.9 Å². The summed E-state index contributed by atoms with van der Waals surface area (Å²) in [4.78, 5) is 23.8. The average Bonchev–Trinajstić information content (AvgIpc) is 2.79. The van der Waals surface area contributed by atoms with E-state index in [0.717, 1.165) is 10.6 Å². The van der Waals surface area contributed by atoms with Crippen LogP contribution in [-0.4, -0.2) is 25.0 Å². The number of amides is 1. The largest absolute Gasteiger partial charge is 0.468 e. The van der Waals surface area contributed by atoms with Crippen molar-refractivity contribution in [3.8, 4) is 0 Å². The normalized spacial score (nSPS) is 12.2. The van der Waals surface area contributed by atoms with Gasteiger partial charge in [0.1, 0.15) is 6.04 Å². The topological polar surface area (TPSA) is 67.4 Å². The molecule has 20 heavy (non-hydrogen) atoms. The van der Waals surface area contributed by atoms with Gasteiger partial charge in [0, 0.05) is 18.3 Å². The summed E-state index contributed by atoms with van der Waals surface area (Å²) in [6, 6.07) is 1.53. The third kappa shape index (κ3) is 5.30. The van der Waals surface area contributed by atoms with Crippen molar-refractivity contribution in [3.63, 3.8) is 0 Å². The van der Waals surface area contributed by atoms with Gasteiger partial charge in [-0.3, -0.25) is 14.9 Å². The maximum atomic E-state index is 11.7. The Bertz CT molecular complexity index is 457. The molecule has 1 aromatic heterocycles. The van der Waals surface area contributed by atoms with Crippen molar-refractivity contribution < 1.29 is 14.3 Å². The minimum Gasteiger partial charge on any atom is -0.468 e. The maximum absolute atomic E-state index is 11.7. The first-order chi connectivity index (χ1) is 9.43. The zero-order valence-electron chi connectivity index (χ0n) is 12.4. The predicted octanol–water partition coefficient (Wildman–Crippen LogP) is 2.38. The van der Waals surface area contributed by atoms with E-state index < -0.39 is 0 Å². The first kappa shape index (κ1) is 16.7. The highest BCUT2D eigenvalue weighted by molar-refractivity contribution is 7.10. The summed E-state index contributed by atoms with van der Waals surface area (Å²) < 4.78 is 4.81. The van der Waals surface area contributed by atoms with Crippen molar-refractivity contribution in [2.45, 2.75) is 39.8 Å². The van der Waals surface area contributed by atoms with E-state index in [9.17, 15) is 9.59 Å². The minimum absolute atomic E-state index is 0.101. The smallest absolute Gasteiger partial charge is 0.322 e. The number of anilines is 1. The summed E-state index contributed by atoms with van der Waals surface area (Å²) in [6.45, 7) is 6.13. The lowest BCUT2D eigenvalue weighted by atomic mass is 10.0. The first-order valence-corrected chi connectivity index (χ1v) is 7.47. The molecule has 0 bridgehead atoms. The van der Waals surface area contributed by atoms with Gasteiger partial charge in [-0.2, -0.15) is 0 Å². The van der Waals surface area contributed by atoms with Crippen LogP contribution in [-0.2, 0) is 20.9 Å². The highest BCUT2D eigenvalue weighted by Gasteiger charge is 2.20. The average molecular weight is 298 g/mol. The van der Waals surface area contributed by atoms with Crippen LogP contribution in [0.1, 0.15) is 32.1 Å². The fourth-order valence-electron chi connectivity index (χ4n) is 1.87. The lowest BCUT2D eigenvalue weighted by Crippen LogP contribution is -2.38. The third-order valence-corrected chi connectivity index (χ3v) is 3.68. The van der Waals surface area contributed by atoms with Gasteiger partial charge in [-0.25, -0.2) is 0 Å². The second-order valence-corrected chi connectivity index (χ2v) is 6.03. The summed E-state index contributed by atoms with van der Waals surface area (Å²) in [5, 5.41) is 7.89. The molecule has 0 saturated carbocycles. The Morgan fingerprint density at radius 2 is 2.10 bits per heavy atom. The minimum atomic E-state index is -0.327. The van der Waals surface area contributed by atoms with Crippen molar-refractivity contribution in [1.29, 1.82) is 0 Å². The fourth-order valence-corrected chi connectivity index (χ4v) is 2.65. The standard InChI is InChI=1S/C14H22N2O3S/c1-9(2)7-12(14(18)19-4)15-8-13-11(5-6-20-13)16-10(3)17/h5-6,9,12,15H,7-8H2,1-4H3,(H,16,17). The predicted molar refractivity (Wildman–Crippen MR) is 80.7 cm³/mol. The highest BCUT2D eigenvalue weighted by Crippen LogP contribution is 2.22. The lowest BCUT2D eigenvalue weighted by Gasteiger charge is -2.18. The highest BCUT2D eigenvalue weighted by atomic mass is 32.1. The monoisotopic (exact) mass is 298 g/mol. The molecule has 0 aromatic carbocycles. The Morgan fingerprint density at radius 1 is 1.40 bits per heavy atom. The second kappa shape index (κ2) is 8.01. The summed E-state index contributed by atoms with van der Waals surface area (Å²) in [5.74, 6) is 0.0393. The zero-order chi connectivity index (χ0) is 15.1. The summed E-state index contributed by atoms with van der Waals surface area (Å²) in [6.07, 6.45) is 0.716. The van der Waals surface area contributed by atoms with Gasteiger partial charge in [-0.15, -0.1) is 11.3 Å². The Hall–Kier alpha value is -1.40. The number of rotatable bonds is 7. The Morgan fingerprint density at radius 3 is 2.65 bits per heavy atom. The number of nitrogens with one attached hydrogen (secondary N) is 2. The molecule has 0 aliphatic heterocycles. The molecule has 1 aromatic rings. The number of hydrogen-bond donors (Lipinski definition) is 2. The molecule has 5 nitrogen and oxygen atoms in total. The molecule has 1 rings (SSSR count). The molecule has 112 valence electrons. The number of carbonyl (C=O) groups excluding carboxylic acids is 2. The number of methoxy groups -OCH3 is 1. The molecule has 0 radical (unpaired) electrons. The van der Waals surface area contributed by atoms with Crippen molar-refractivity contribution in [1.82, 2.24) is 5.32 Å². The fraction of sp³-hybridized carbons (Fsp3) is 0.571. The molecule has 1 amide bonds. The molecule has 6 heteroatoms. The van der Waals surface area contributed by atoms with E-state index in [1.54, 1.807) is 11.3 Å². The maximum Gasteiger partial charge on any atom is 0.322 e. The Labute approximate surface area is 123 Å². The molecular formula is C14H22N2O3S. The molecule has 2 N–H and O–H groups in total. The van der Waals surface area contributed by atoms with Gasteiger partial charge < -0.3 is 10.1 Å². The van der Waals surface area contributed by atoms with E-state index in [0.29, 0.717) is 18.9 Å². The first-order valence-electron chi connectivity index (χ1n) is 6.59.